The van der Waals surface area contributed by atoms with Crippen molar-refractivity contribution in [2.45, 2.75) is 13.0 Å². The Morgan fingerprint density at radius 3 is 3.19 bits per heavy atom. The minimum atomic E-state index is -0.295. The molecule has 1 aromatic carbocycles. The molecule has 1 aromatic rings. The average Bonchev–Trinajstić information content (AvgIpc) is 2.75. The number of rotatable bonds is 2. The molecule has 1 aliphatic heterocycles. The van der Waals surface area contributed by atoms with Crippen molar-refractivity contribution in [3.8, 4) is 5.75 Å². The molecule has 5 nitrogen and oxygen atoms in total. The van der Waals surface area contributed by atoms with Crippen LogP contribution in [0.25, 0.3) is 0 Å². The Hall–Kier alpha value is -1.75. The van der Waals surface area contributed by atoms with Crippen LogP contribution in [0.1, 0.15) is 11.1 Å². The summed E-state index contributed by atoms with van der Waals surface area (Å²) in [6.45, 7) is 1.29. The summed E-state index contributed by atoms with van der Waals surface area (Å²) in [6.07, 6.45) is 0.940. The zero-order valence-electron chi connectivity index (χ0n) is 9.19. The van der Waals surface area contributed by atoms with Gasteiger partial charge in [0.1, 0.15) is 5.75 Å². The molecule has 0 bridgehead atoms. The van der Waals surface area contributed by atoms with Crippen LogP contribution in [0.2, 0.25) is 0 Å². The minimum absolute atomic E-state index is 0.295. The van der Waals surface area contributed by atoms with Crippen molar-refractivity contribution >= 4 is 6.03 Å². The normalized spacial score (nSPS) is 12.9. The number of hydrogen-bond acceptors (Lipinski definition) is 3. The Morgan fingerprint density at radius 1 is 1.62 bits per heavy atom. The zero-order chi connectivity index (χ0) is 11.5. The van der Waals surface area contributed by atoms with E-state index >= 15 is 0 Å². The Labute approximate surface area is 94.1 Å². The minimum Gasteiger partial charge on any atom is -0.493 e. The van der Waals surface area contributed by atoms with Crippen molar-refractivity contribution in [1.29, 1.82) is 0 Å². The monoisotopic (exact) mass is 221 g/mol. The first kappa shape index (κ1) is 10.8. The highest BCUT2D eigenvalue weighted by Gasteiger charge is 2.13. The lowest BCUT2D eigenvalue weighted by Gasteiger charge is -2.16. The molecule has 2 amide bonds. The molecule has 0 unspecified atom stereocenters. The van der Waals surface area contributed by atoms with E-state index in [9.17, 15) is 4.79 Å². The van der Waals surface area contributed by atoms with E-state index in [1.54, 1.807) is 7.05 Å². The van der Waals surface area contributed by atoms with Crippen molar-refractivity contribution in [2.24, 2.45) is 5.84 Å². The fourth-order valence-electron chi connectivity index (χ4n) is 1.79. The molecule has 0 aliphatic carbocycles. The van der Waals surface area contributed by atoms with E-state index in [4.69, 9.17) is 10.6 Å². The molecule has 0 atom stereocenters. The van der Waals surface area contributed by atoms with Gasteiger partial charge in [-0.1, -0.05) is 12.1 Å². The number of nitrogens with zero attached hydrogens (tertiary/aromatic N) is 1. The molecule has 0 saturated heterocycles. The van der Waals surface area contributed by atoms with E-state index in [1.165, 1.54) is 10.5 Å². The van der Waals surface area contributed by atoms with Crippen LogP contribution in [0.3, 0.4) is 0 Å². The summed E-state index contributed by atoms with van der Waals surface area (Å²) in [5.74, 6) is 6.01. The van der Waals surface area contributed by atoms with Crippen LogP contribution in [0.5, 0.6) is 5.75 Å². The van der Waals surface area contributed by atoms with E-state index in [0.717, 1.165) is 24.3 Å². The lowest BCUT2D eigenvalue weighted by atomic mass is 10.1. The molecule has 3 N–H and O–H groups in total. The van der Waals surface area contributed by atoms with Crippen LogP contribution in [0.15, 0.2) is 18.2 Å². The number of hydrazine groups is 1. The number of carbonyl (C=O) groups excluding carboxylic acids is 1. The van der Waals surface area contributed by atoms with Crippen molar-refractivity contribution in [1.82, 2.24) is 10.3 Å². The fraction of sp³-hybridized carbons (Fsp3) is 0.364. The number of carbonyl (C=O) groups is 1. The van der Waals surface area contributed by atoms with Gasteiger partial charge in [0, 0.05) is 20.0 Å². The van der Waals surface area contributed by atoms with E-state index in [2.05, 4.69) is 11.5 Å². The topological polar surface area (TPSA) is 67.6 Å². The number of hydrogen-bond donors (Lipinski definition) is 2. The van der Waals surface area contributed by atoms with Crippen molar-refractivity contribution in [3.63, 3.8) is 0 Å². The van der Waals surface area contributed by atoms with Gasteiger partial charge in [0.25, 0.3) is 0 Å². The van der Waals surface area contributed by atoms with Gasteiger partial charge in [-0.2, -0.15) is 0 Å². The van der Waals surface area contributed by atoms with Crippen LogP contribution in [0, 0.1) is 0 Å². The lowest BCUT2D eigenvalue weighted by molar-refractivity contribution is 0.207. The summed E-state index contributed by atoms with van der Waals surface area (Å²) in [7, 11) is 1.70. The molecule has 0 aromatic heterocycles. The van der Waals surface area contributed by atoms with Gasteiger partial charge in [0.2, 0.25) is 0 Å². The number of nitrogens with one attached hydrogen (secondary N) is 1. The molecule has 0 spiro atoms. The largest absolute Gasteiger partial charge is 0.493 e. The first-order valence-electron chi connectivity index (χ1n) is 5.17. The SMILES string of the molecule is CN(Cc1ccc2c(c1)CCO2)C(=O)NN. The Morgan fingerprint density at radius 2 is 2.44 bits per heavy atom. The predicted octanol–water partition coefficient (Wildman–Crippen LogP) is 0.637. The maximum atomic E-state index is 11.2. The smallest absolute Gasteiger partial charge is 0.331 e. The molecule has 86 valence electrons. The number of urea groups is 1. The number of fused-ring (bicyclic) bond motifs is 1. The van der Waals surface area contributed by atoms with Crippen LogP contribution >= 0.6 is 0 Å². The van der Waals surface area contributed by atoms with Gasteiger partial charge in [-0.15, -0.1) is 0 Å². The van der Waals surface area contributed by atoms with Crippen LogP contribution in [0.4, 0.5) is 4.79 Å². The van der Waals surface area contributed by atoms with Gasteiger partial charge in [-0.25, -0.2) is 10.6 Å². The quantitative estimate of drug-likeness (QED) is 0.437. The maximum Gasteiger partial charge on any atom is 0.331 e. The van der Waals surface area contributed by atoms with Gasteiger partial charge >= 0.3 is 6.03 Å². The molecule has 1 heterocycles. The third kappa shape index (κ3) is 2.09. The Kier molecular flexibility index (Phi) is 2.96. The third-order valence-corrected chi connectivity index (χ3v) is 2.64. The van der Waals surface area contributed by atoms with Crippen molar-refractivity contribution in [3.05, 3.63) is 29.3 Å². The third-order valence-electron chi connectivity index (χ3n) is 2.64. The van der Waals surface area contributed by atoms with Gasteiger partial charge < -0.3 is 9.64 Å². The average molecular weight is 221 g/mol. The molecule has 0 radical (unpaired) electrons. The summed E-state index contributed by atoms with van der Waals surface area (Å²) < 4.78 is 5.41. The van der Waals surface area contributed by atoms with Gasteiger partial charge in [-0.05, 0) is 17.2 Å². The number of amides is 2. The van der Waals surface area contributed by atoms with E-state index in [-0.39, 0.29) is 6.03 Å². The molecule has 0 saturated carbocycles. The summed E-state index contributed by atoms with van der Waals surface area (Å²) in [6, 6.07) is 5.69. The lowest BCUT2D eigenvalue weighted by Crippen LogP contribution is -2.40. The van der Waals surface area contributed by atoms with Crippen LogP contribution < -0.4 is 16.0 Å². The summed E-state index contributed by atoms with van der Waals surface area (Å²) >= 11 is 0. The summed E-state index contributed by atoms with van der Waals surface area (Å²) in [4.78, 5) is 12.7. The van der Waals surface area contributed by atoms with Gasteiger partial charge in [0.15, 0.2) is 0 Å². The highest BCUT2D eigenvalue weighted by molar-refractivity contribution is 5.73. The molecular formula is C11H15N3O2. The number of nitrogens with two attached hydrogens (primary N) is 1. The molecule has 0 fully saturated rings. The second-order valence-electron chi connectivity index (χ2n) is 3.85. The first-order valence-corrected chi connectivity index (χ1v) is 5.17. The Bertz CT molecular complexity index is 406. The van der Waals surface area contributed by atoms with Crippen molar-refractivity contribution in [2.75, 3.05) is 13.7 Å². The molecule has 1 aliphatic rings. The summed E-state index contributed by atoms with van der Waals surface area (Å²) in [5.41, 5.74) is 4.39. The molecule has 16 heavy (non-hydrogen) atoms. The summed E-state index contributed by atoms with van der Waals surface area (Å²) in [5, 5.41) is 0. The highest BCUT2D eigenvalue weighted by atomic mass is 16.5. The number of benzene rings is 1. The molecular weight excluding hydrogens is 206 g/mol. The van der Waals surface area contributed by atoms with Gasteiger partial charge in [-0.3, -0.25) is 5.43 Å². The van der Waals surface area contributed by atoms with E-state index in [1.807, 2.05) is 12.1 Å². The second-order valence-corrected chi connectivity index (χ2v) is 3.85. The van der Waals surface area contributed by atoms with Crippen LogP contribution in [-0.2, 0) is 13.0 Å². The van der Waals surface area contributed by atoms with E-state index in [0.29, 0.717) is 6.54 Å². The Balaban J connectivity index is 2.08. The standard InChI is InChI=1S/C11H15N3O2/c1-14(11(15)13-12)7-8-2-3-10-9(6-8)4-5-16-10/h2-3,6H,4-5,7,12H2,1H3,(H,13,15). The predicted molar refractivity (Wildman–Crippen MR) is 59.8 cm³/mol. The zero-order valence-corrected chi connectivity index (χ0v) is 9.19. The maximum absolute atomic E-state index is 11.2. The van der Waals surface area contributed by atoms with Gasteiger partial charge in [0.05, 0.1) is 6.61 Å². The first-order chi connectivity index (χ1) is 7.70. The fourth-order valence-corrected chi connectivity index (χ4v) is 1.79. The van der Waals surface area contributed by atoms with Crippen LogP contribution in [-0.4, -0.2) is 24.6 Å². The molecule has 2 rings (SSSR count). The highest BCUT2D eigenvalue weighted by Crippen LogP contribution is 2.26. The second kappa shape index (κ2) is 4.40. The number of ether oxygens (including phenoxy) is 1. The molecule has 5 heteroatoms. The van der Waals surface area contributed by atoms with E-state index < -0.39 is 0 Å². The van der Waals surface area contributed by atoms with Crippen molar-refractivity contribution < 1.29 is 9.53 Å².